The normalized spacial score (nSPS) is 21.7. The maximum absolute atomic E-state index is 6.16. The van der Waals surface area contributed by atoms with Gasteiger partial charge in [-0.1, -0.05) is 20.8 Å². The van der Waals surface area contributed by atoms with E-state index in [-0.39, 0.29) is 5.54 Å². The van der Waals surface area contributed by atoms with Crippen molar-refractivity contribution in [2.75, 3.05) is 40.3 Å². The quantitative estimate of drug-likeness (QED) is 0.720. The number of nitrogens with zero attached hydrogens (tertiary/aromatic N) is 2. The van der Waals surface area contributed by atoms with Crippen LogP contribution in [0.2, 0.25) is 0 Å². The lowest BCUT2D eigenvalue weighted by Gasteiger charge is -2.47. The molecule has 1 atom stereocenters. The van der Waals surface area contributed by atoms with Gasteiger partial charge < -0.3 is 10.6 Å². The summed E-state index contributed by atoms with van der Waals surface area (Å²) in [7, 11) is 4.29. The zero-order valence-electron chi connectivity index (χ0n) is 13.3. The zero-order chi connectivity index (χ0) is 14.0. The van der Waals surface area contributed by atoms with E-state index < -0.39 is 0 Å². The fraction of sp³-hybridized carbons (Fsp3) is 1.00. The van der Waals surface area contributed by atoms with Crippen molar-refractivity contribution in [3.05, 3.63) is 0 Å². The lowest BCUT2D eigenvalue weighted by atomic mass is 9.81. The van der Waals surface area contributed by atoms with Gasteiger partial charge in [0, 0.05) is 31.7 Å². The standard InChI is InChI=1S/C15H33N3/c1-13(2)11-18(10-9-17(5)6)15(4,12-16)14(3)7-8-14/h13H,7-12,16H2,1-6H3. The first-order valence-electron chi connectivity index (χ1n) is 7.35. The second kappa shape index (κ2) is 5.89. The third kappa shape index (κ3) is 3.46. The average Bonchev–Trinajstić information content (AvgIpc) is 3.02. The Balaban J connectivity index is 2.78. The lowest BCUT2D eigenvalue weighted by molar-refractivity contribution is 0.0324. The molecule has 2 N–H and O–H groups in total. The predicted octanol–water partition coefficient (Wildman–Crippen LogP) is 2.02. The minimum Gasteiger partial charge on any atom is -0.329 e. The summed E-state index contributed by atoms with van der Waals surface area (Å²) >= 11 is 0. The molecular weight excluding hydrogens is 222 g/mol. The summed E-state index contributed by atoms with van der Waals surface area (Å²) in [6.45, 7) is 13.5. The van der Waals surface area contributed by atoms with Gasteiger partial charge in [-0.25, -0.2) is 0 Å². The molecule has 0 radical (unpaired) electrons. The second-order valence-corrected chi connectivity index (χ2v) is 7.18. The molecule has 1 saturated carbocycles. The number of nitrogens with two attached hydrogens (primary N) is 1. The average molecular weight is 255 g/mol. The monoisotopic (exact) mass is 255 g/mol. The van der Waals surface area contributed by atoms with Crippen LogP contribution in [0.5, 0.6) is 0 Å². The minimum atomic E-state index is 0.160. The minimum absolute atomic E-state index is 0.160. The highest BCUT2D eigenvalue weighted by Gasteiger charge is 2.54. The molecule has 0 amide bonds. The molecule has 3 nitrogen and oxygen atoms in total. The highest BCUT2D eigenvalue weighted by Crippen LogP contribution is 2.55. The van der Waals surface area contributed by atoms with E-state index in [4.69, 9.17) is 5.73 Å². The van der Waals surface area contributed by atoms with Gasteiger partial charge in [-0.15, -0.1) is 0 Å². The van der Waals surface area contributed by atoms with Crippen molar-refractivity contribution in [2.24, 2.45) is 17.1 Å². The van der Waals surface area contributed by atoms with E-state index in [2.05, 4.69) is 51.6 Å². The predicted molar refractivity (Wildman–Crippen MR) is 79.8 cm³/mol. The molecule has 0 aromatic rings. The van der Waals surface area contributed by atoms with E-state index in [9.17, 15) is 0 Å². The summed E-state index contributed by atoms with van der Waals surface area (Å²) in [5, 5.41) is 0. The van der Waals surface area contributed by atoms with Gasteiger partial charge >= 0.3 is 0 Å². The van der Waals surface area contributed by atoms with Gasteiger partial charge in [0.15, 0.2) is 0 Å². The van der Waals surface area contributed by atoms with Gasteiger partial charge in [0.1, 0.15) is 0 Å². The molecule has 0 heterocycles. The summed E-state index contributed by atoms with van der Waals surface area (Å²) in [6, 6.07) is 0. The van der Waals surface area contributed by atoms with Gasteiger partial charge in [-0.2, -0.15) is 0 Å². The van der Waals surface area contributed by atoms with Crippen molar-refractivity contribution in [3.8, 4) is 0 Å². The Morgan fingerprint density at radius 1 is 1.22 bits per heavy atom. The van der Waals surface area contributed by atoms with Crippen LogP contribution in [0.25, 0.3) is 0 Å². The fourth-order valence-corrected chi connectivity index (χ4v) is 2.78. The van der Waals surface area contributed by atoms with Crippen LogP contribution in [-0.4, -0.2) is 55.6 Å². The van der Waals surface area contributed by atoms with Crippen molar-refractivity contribution >= 4 is 0 Å². The van der Waals surface area contributed by atoms with Gasteiger partial charge in [-0.3, -0.25) is 4.90 Å². The molecule has 0 aromatic heterocycles. The van der Waals surface area contributed by atoms with Crippen molar-refractivity contribution < 1.29 is 0 Å². The fourth-order valence-electron chi connectivity index (χ4n) is 2.78. The smallest absolute Gasteiger partial charge is 0.0357 e. The van der Waals surface area contributed by atoms with E-state index >= 15 is 0 Å². The molecular formula is C15H33N3. The van der Waals surface area contributed by atoms with E-state index in [0.29, 0.717) is 11.3 Å². The summed E-state index contributed by atoms with van der Waals surface area (Å²) < 4.78 is 0. The molecule has 0 aromatic carbocycles. The van der Waals surface area contributed by atoms with Crippen LogP contribution in [0.15, 0.2) is 0 Å². The molecule has 1 aliphatic rings. The first-order chi connectivity index (χ1) is 8.25. The maximum Gasteiger partial charge on any atom is 0.0357 e. The summed E-state index contributed by atoms with van der Waals surface area (Å²) in [5.41, 5.74) is 6.75. The Labute approximate surface area is 114 Å². The Hall–Kier alpha value is -0.120. The largest absolute Gasteiger partial charge is 0.329 e. The van der Waals surface area contributed by atoms with E-state index in [0.717, 1.165) is 26.2 Å². The first-order valence-corrected chi connectivity index (χ1v) is 7.35. The molecule has 3 heteroatoms. The lowest BCUT2D eigenvalue weighted by Crippen LogP contribution is -2.59. The van der Waals surface area contributed by atoms with Crippen LogP contribution >= 0.6 is 0 Å². The molecule has 1 aliphatic carbocycles. The Morgan fingerprint density at radius 3 is 2.11 bits per heavy atom. The Kier molecular flexibility index (Phi) is 5.22. The number of rotatable bonds is 8. The van der Waals surface area contributed by atoms with Crippen LogP contribution in [-0.2, 0) is 0 Å². The van der Waals surface area contributed by atoms with Crippen LogP contribution in [0.3, 0.4) is 0 Å². The highest BCUT2D eigenvalue weighted by atomic mass is 15.2. The number of hydrogen-bond donors (Lipinski definition) is 1. The zero-order valence-corrected chi connectivity index (χ0v) is 13.3. The van der Waals surface area contributed by atoms with E-state index in [1.807, 2.05) is 0 Å². The van der Waals surface area contributed by atoms with Gasteiger partial charge in [0.2, 0.25) is 0 Å². The molecule has 108 valence electrons. The van der Waals surface area contributed by atoms with E-state index in [1.54, 1.807) is 0 Å². The van der Waals surface area contributed by atoms with Crippen molar-refractivity contribution in [1.29, 1.82) is 0 Å². The van der Waals surface area contributed by atoms with Gasteiger partial charge in [0.25, 0.3) is 0 Å². The SMILES string of the molecule is CC(C)CN(CCN(C)C)C(C)(CN)C1(C)CC1. The van der Waals surface area contributed by atoms with Crippen molar-refractivity contribution in [1.82, 2.24) is 9.80 Å². The van der Waals surface area contributed by atoms with E-state index in [1.165, 1.54) is 12.8 Å². The van der Waals surface area contributed by atoms with Crippen LogP contribution < -0.4 is 5.73 Å². The summed E-state index contributed by atoms with van der Waals surface area (Å²) in [4.78, 5) is 4.91. The highest BCUT2D eigenvalue weighted by molar-refractivity contribution is 5.09. The Morgan fingerprint density at radius 2 is 1.78 bits per heavy atom. The number of likely N-dealkylation sites (N-methyl/N-ethyl adjacent to an activating group) is 1. The van der Waals surface area contributed by atoms with Crippen molar-refractivity contribution in [2.45, 2.75) is 46.1 Å². The second-order valence-electron chi connectivity index (χ2n) is 7.18. The van der Waals surface area contributed by atoms with Crippen LogP contribution in [0.1, 0.15) is 40.5 Å². The van der Waals surface area contributed by atoms with Crippen LogP contribution in [0.4, 0.5) is 0 Å². The maximum atomic E-state index is 6.16. The molecule has 18 heavy (non-hydrogen) atoms. The third-order valence-corrected chi connectivity index (χ3v) is 4.80. The van der Waals surface area contributed by atoms with Crippen LogP contribution in [0, 0.1) is 11.3 Å². The molecule has 0 aliphatic heterocycles. The summed E-state index contributed by atoms with van der Waals surface area (Å²) in [5.74, 6) is 0.695. The molecule has 1 rings (SSSR count). The number of hydrogen-bond acceptors (Lipinski definition) is 3. The summed E-state index contributed by atoms with van der Waals surface area (Å²) in [6.07, 6.45) is 2.66. The molecule has 0 bridgehead atoms. The molecule has 1 fully saturated rings. The molecule has 0 spiro atoms. The molecule has 1 unspecified atom stereocenters. The van der Waals surface area contributed by atoms with Crippen molar-refractivity contribution in [3.63, 3.8) is 0 Å². The molecule has 0 saturated heterocycles. The Bertz CT molecular complexity index is 258. The van der Waals surface area contributed by atoms with Gasteiger partial charge in [0.05, 0.1) is 0 Å². The first kappa shape index (κ1) is 15.9. The third-order valence-electron chi connectivity index (χ3n) is 4.80. The topological polar surface area (TPSA) is 32.5 Å². The van der Waals surface area contributed by atoms with Gasteiger partial charge in [-0.05, 0) is 45.2 Å².